The molecule has 2 amide bonds. The fourth-order valence-electron chi connectivity index (χ4n) is 3.41. The average molecular weight is 471 g/mol. The van der Waals surface area contributed by atoms with E-state index in [0.717, 1.165) is 41.5 Å². The maximum Gasteiger partial charge on any atom is 0.270 e. The number of hydrogen-bond acceptors (Lipinski definition) is 3. The van der Waals surface area contributed by atoms with Crippen molar-refractivity contribution >= 4 is 33.8 Å². The second-order valence-corrected chi connectivity index (χ2v) is 8.15. The van der Waals surface area contributed by atoms with Gasteiger partial charge in [-0.25, -0.2) is 0 Å². The summed E-state index contributed by atoms with van der Waals surface area (Å²) >= 11 is 3.39. The summed E-state index contributed by atoms with van der Waals surface area (Å²) in [6.07, 6.45) is 5.97. The number of nitrogens with zero attached hydrogens (tertiary/aromatic N) is 1. The first kappa shape index (κ1) is 22.1. The first-order valence-electron chi connectivity index (χ1n) is 10.4. The Hall–Kier alpha value is -2.60. The summed E-state index contributed by atoms with van der Waals surface area (Å²) in [5.74, 6) is 0.319. The SMILES string of the molecule is CCOc1ccc(/C=C(/NC(=O)c2cccc(Br)c2)C(=O)N2CCCCCC2)cc1. The molecule has 158 valence electrons. The lowest BCUT2D eigenvalue weighted by Gasteiger charge is -2.22. The smallest absolute Gasteiger partial charge is 0.270 e. The maximum absolute atomic E-state index is 13.3. The summed E-state index contributed by atoms with van der Waals surface area (Å²) in [7, 11) is 0. The van der Waals surface area contributed by atoms with E-state index in [9.17, 15) is 9.59 Å². The zero-order valence-corrected chi connectivity index (χ0v) is 18.8. The van der Waals surface area contributed by atoms with Gasteiger partial charge in [-0.1, -0.05) is 47.0 Å². The maximum atomic E-state index is 13.3. The molecule has 1 fully saturated rings. The van der Waals surface area contributed by atoms with Gasteiger partial charge in [0.2, 0.25) is 0 Å². The molecule has 5 nitrogen and oxygen atoms in total. The van der Waals surface area contributed by atoms with Crippen LogP contribution in [-0.4, -0.2) is 36.4 Å². The molecule has 0 aromatic heterocycles. The monoisotopic (exact) mass is 470 g/mol. The van der Waals surface area contributed by atoms with Crippen molar-refractivity contribution in [2.75, 3.05) is 19.7 Å². The number of halogens is 1. The number of ether oxygens (including phenoxy) is 1. The van der Waals surface area contributed by atoms with Gasteiger partial charge < -0.3 is 15.0 Å². The lowest BCUT2D eigenvalue weighted by molar-refractivity contribution is -0.127. The van der Waals surface area contributed by atoms with E-state index in [1.807, 2.05) is 42.2 Å². The third kappa shape index (κ3) is 6.20. The number of likely N-dealkylation sites (tertiary alicyclic amines) is 1. The van der Waals surface area contributed by atoms with E-state index in [-0.39, 0.29) is 17.5 Å². The van der Waals surface area contributed by atoms with Gasteiger partial charge in [0.15, 0.2) is 0 Å². The molecular weight excluding hydrogens is 444 g/mol. The van der Waals surface area contributed by atoms with Crippen LogP contribution in [0.15, 0.2) is 58.7 Å². The number of rotatable bonds is 6. The van der Waals surface area contributed by atoms with Gasteiger partial charge in [-0.2, -0.15) is 0 Å². The minimum absolute atomic E-state index is 0.144. The Balaban J connectivity index is 1.86. The van der Waals surface area contributed by atoms with Crippen LogP contribution in [0, 0.1) is 0 Å². The summed E-state index contributed by atoms with van der Waals surface area (Å²) in [6.45, 7) is 3.96. The summed E-state index contributed by atoms with van der Waals surface area (Å²) < 4.78 is 6.30. The zero-order valence-electron chi connectivity index (χ0n) is 17.2. The van der Waals surface area contributed by atoms with Crippen molar-refractivity contribution in [3.63, 3.8) is 0 Å². The van der Waals surface area contributed by atoms with Crippen LogP contribution in [0.2, 0.25) is 0 Å². The number of nitrogens with one attached hydrogen (secondary N) is 1. The minimum atomic E-state index is -0.309. The molecule has 1 aliphatic rings. The van der Waals surface area contributed by atoms with Crippen LogP contribution in [0.3, 0.4) is 0 Å². The highest BCUT2D eigenvalue weighted by Gasteiger charge is 2.22. The number of amides is 2. The van der Waals surface area contributed by atoms with E-state index in [4.69, 9.17) is 4.74 Å². The number of hydrogen-bond donors (Lipinski definition) is 1. The Bertz CT molecular complexity index is 901. The van der Waals surface area contributed by atoms with Gasteiger partial charge in [0.25, 0.3) is 11.8 Å². The Kier molecular flexibility index (Phi) is 8.08. The molecular formula is C24H27BrN2O3. The molecule has 1 heterocycles. The largest absolute Gasteiger partial charge is 0.494 e. The van der Waals surface area contributed by atoms with E-state index in [2.05, 4.69) is 21.2 Å². The van der Waals surface area contributed by atoms with Crippen molar-refractivity contribution in [3.05, 3.63) is 69.8 Å². The minimum Gasteiger partial charge on any atom is -0.494 e. The van der Waals surface area contributed by atoms with E-state index < -0.39 is 0 Å². The lowest BCUT2D eigenvalue weighted by atomic mass is 10.1. The third-order valence-electron chi connectivity index (χ3n) is 4.96. The molecule has 2 aromatic rings. The van der Waals surface area contributed by atoms with Gasteiger partial charge in [0, 0.05) is 23.1 Å². The highest BCUT2D eigenvalue weighted by atomic mass is 79.9. The van der Waals surface area contributed by atoms with Gasteiger partial charge in [-0.05, 0) is 61.7 Å². The Morgan fingerprint density at radius 1 is 1.07 bits per heavy atom. The standard InChI is InChI=1S/C24H27BrN2O3/c1-2-30-21-12-10-18(11-13-21)16-22(24(29)27-14-5-3-4-6-15-27)26-23(28)19-8-7-9-20(25)17-19/h7-13,16-17H,2-6,14-15H2,1H3,(H,26,28)/b22-16+. The fraction of sp³-hybridized carbons (Fsp3) is 0.333. The molecule has 0 atom stereocenters. The van der Waals surface area contributed by atoms with Crippen LogP contribution in [0.4, 0.5) is 0 Å². The van der Waals surface area contributed by atoms with Crippen LogP contribution in [-0.2, 0) is 4.79 Å². The van der Waals surface area contributed by atoms with Crippen molar-refractivity contribution in [1.29, 1.82) is 0 Å². The second-order valence-electron chi connectivity index (χ2n) is 7.23. The van der Waals surface area contributed by atoms with E-state index in [1.165, 1.54) is 0 Å². The Morgan fingerprint density at radius 3 is 2.40 bits per heavy atom. The molecule has 0 aliphatic carbocycles. The Labute approximate surface area is 186 Å². The van der Waals surface area contributed by atoms with Crippen molar-refractivity contribution in [2.24, 2.45) is 0 Å². The van der Waals surface area contributed by atoms with Gasteiger partial charge >= 0.3 is 0 Å². The number of carbonyl (C=O) groups is 2. The van der Waals surface area contributed by atoms with Crippen molar-refractivity contribution in [1.82, 2.24) is 10.2 Å². The normalized spacial score (nSPS) is 14.7. The predicted octanol–water partition coefficient (Wildman–Crippen LogP) is 5.02. The topological polar surface area (TPSA) is 58.6 Å². The molecule has 6 heteroatoms. The van der Waals surface area contributed by atoms with Crippen LogP contribution >= 0.6 is 15.9 Å². The van der Waals surface area contributed by atoms with Crippen LogP contribution in [0.1, 0.15) is 48.5 Å². The molecule has 1 aliphatic heterocycles. The first-order chi connectivity index (χ1) is 14.6. The third-order valence-corrected chi connectivity index (χ3v) is 5.45. The molecule has 0 unspecified atom stereocenters. The van der Waals surface area contributed by atoms with Gasteiger partial charge in [0.05, 0.1) is 6.61 Å². The molecule has 1 N–H and O–H groups in total. The Morgan fingerprint density at radius 2 is 1.77 bits per heavy atom. The fourth-order valence-corrected chi connectivity index (χ4v) is 3.81. The van der Waals surface area contributed by atoms with Gasteiger partial charge in [-0.3, -0.25) is 9.59 Å². The van der Waals surface area contributed by atoms with Crippen LogP contribution in [0.5, 0.6) is 5.75 Å². The zero-order chi connectivity index (χ0) is 21.3. The molecule has 30 heavy (non-hydrogen) atoms. The van der Waals surface area contributed by atoms with E-state index in [0.29, 0.717) is 25.3 Å². The second kappa shape index (κ2) is 11.0. The highest BCUT2D eigenvalue weighted by molar-refractivity contribution is 9.10. The summed E-state index contributed by atoms with van der Waals surface area (Å²) in [6, 6.07) is 14.6. The van der Waals surface area contributed by atoms with Crippen molar-refractivity contribution in [3.8, 4) is 5.75 Å². The van der Waals surface area contributed by atoms with Crippen LogP contribution in [0.25, 0.3) is 6.08 Å². The van der Waals surface area contributed by atoms with Crippen molar-refractivity contribution in [2.45, 2.75) is 32.6 Å². The van der Waals surface area contributed by atoms with Gasteiger partial charge in [-0.15, -0.1) is 0 Å². The highest BCUT2D eigenvalue weighted by Crippen LogP contribution is 2.18. The van der Waals surface area contributed by atoms with E-state index in [1.54, 1.807) is 24.3 Å². The molecule has 0 radical (unpaired) electrons. The predicted molar refractivity (Wildman–Crippen MR) is 122 cm³/mol. The summed E-state index contributed by atoms with van der Waals surface area (Å²) in [4.78, 5) is 27.9. The molecule has 3 rings (SSSR count). The quantitative estimate of drug-likeness (QED) is 0.602. The number of carbonyl (C=O) groups excluding carboxylic acids is 2. The van der Waals surface area contributed by atoms with Crippen LogP contribution < -0.4 is 10.1 Å². The molecule has 2 aromatic carbocycles. The van der Waals surface area contributed by atoms with Gasteiger partial charge in [0.1, 0.15) is 11.4 Å². The molecule has 0 spiro atoms. The summed E-state index contributed by atoms with van der Waals surface area (Å²) in [5.41, 5.74) is 1.60. The number of benzene rings is 2. The lowest BCUT2D eigenvalue weighted by Crippen LogP contribution is -2.39. The van der Waals surface area contributed by atoms with Crippen molar-refractivity contribution < 1.29 is 14.3 Å². The van der Waals surface area contributed by atoms with E-state index >= 15 is 0 Å². The molecule has 0 bridgehead atoms. The molecule has 1 saturated heterocycles. The molecule has 0 saturated carbocycles. The summed E-state index contributed by atoms with van der Waals surface area (Å²) in [5, 5.41) is 2.85. The average Bonchev–Trinajstić information content (AvgIpc) is 3.04. The first-order valence-corrected chi connectivity index (χ1v) is 11.2.